The largest absolute Gasteiger partial charge is 0.481 e. The van der Waals surface area contributed by atoms with Crippen LogP contribution in [0.25, 0.3) is 0 Å². The van der Waals surface area contributed by atoms with Gasteiger partial charge in [-0.25, -0.2) is 0 Å². The Balaban J connectivity index is 2.61. The first-order valence-electron chi connectivity index (χ1n) is 3.87. The molecule has 5 nitrogen and oxygen atoms in total. The number of carbonyl (C=O) groups is 1. The van der Waals surface area contributed by atoms with Crippen molar-refractivity contribution in [2.24, 2.45) is 11.7 Å². The Labute approximate surface area is 69.8 Å². The van der Waals surface area contributed by atoms with Crippen molar-refractivity contribution in [1.82, 2.24) is 0 Å². The number of hydrogen-bond acceptors (Lipinski definition) is 4. The summed E-state index contributed by atoms with van der Waals surface area (Å²) in [6, 6.07) is -0.555. The predicted molar refractivity (Wildman–Crippen MR) is 40.3 cm³/mol. The predicted octanol–water partition coefficient (Wildman–Crippen LogP) is -1.47. The molecular weight excluding hydrogens is 162 g/mol. The second-order valence-corrected chi connectivity index (χ2v) is 3.21. The van der Waals surface area contributed by atoms with Gasteiger partial charge in [0.25, 0.3) is 0 Å². The number of carboxylic acid groups (broad SMARTS) is 1. The monoisotopic (exact) mass is 175 g/mol. The van der Waals surface area contributed by atoms with Gasteiger partial charge >= 0.3 is 5.97 Å². The van der Waals surface area contributed by atoms with E-state index < -0.39 is 30.1 Å². The molecule has 0 amide bonds. The zero-order valence-electron chi connectivity index (χ0n) is 6.55. The quantitative estimate of drug-likeness (QED) is 0.389. The smallest absolute Gasteiger partial charge is 0.308 e. The second-order valence-electron chi connectivity index (χ2n) is 3.21. The van der Waals surface area contributed by atoms with E-state index in [9.17, 15) is 4.79 Å². The molecule has 0 spiro atoms. The Hall–Kier alpha value is -0.650. The lowest BCUT2D eigenvalue weighted by Crippen LogP contribution is -2.48. The molecule has 70 valence electrons. The summed E-state index contributed by atoms with van der Waals surface area (Å²) in [5.41, 5.74) is 5.48. The van der Waals surface area contributed by atoms with Gasteiger partial charge in [-0.1, -0.05) is 0 Å². The lowest BCUT2D eigenvalue weighted by molar-refractivity contribution is -0.147. The van der Waals surface area contributed by atoms with Crippen LogP contribution in [0.1, 0.15) is 12.8 Å². The summed E-state index contributed by atoms with van der Waals surface area (Å²) in [4.78, 5) is 10.5. The summed E-state index contributed by atoms with van der Waals surface area (Å²) in [6.07, 6.45) is -1.64. The fraction of sp³-hybridized carbons (Fsp3) is 0.857. The molecule has 5 heteroatoms. The minimum Gasteiger partial charge on any atom is -0.481 e. The van der Waals surface area contributed by atoms with Gasteiger partial charge in [0, 0.05) is 6.04 Å². The molecular formula is C7H13NO4. The summed E-state index contributed by atoms with van der Waals surface area (Å²) in [5, 5.41) is 26.9. The van der Waals surface area contributed by atoms with Gasteiger partial charge in [-0.05, 0) is 12.8 Å². The molecule has 4 atom stereocenters. The number of aliphatic hydroxyl groups is 2. The number of hydrogen-bond donors (Lipinski definition) is 4. The van der Waals surface area contributed by atoms with Crippen molar-refractivity contribution in [3.63, 3.8) is 0 Å². The Morgan fingerprint density at radius 2 is 1.75 bits per heavy atom. The van der Waals surface area contributed by atoms with E-state index in [-0.39, 0.29) is 12.8 Å². The molecule has 1 aliphatic rings. The molecule has 0 aromatic heterocycles. The molecule has 0 radical (unpaired) electrons. The molecule has 1 aliphatic carbocycles. The van der Waals surface area contributed by atoms with Gasteiger partial charge < -0.3 is 21.1 Å². The van der Waals surface area contributed by atoms with E-state index in [2.05, 4.69) is 0 Å². The zero-order valence-corrected chi connectivity index (χ0v) is 6.55. The Bertz CT molecular complexity index is 184. The summed E-state index contributed by atoms with van der Waals surface area (Å²) in [5.74, 6) is -1.74. The normalized spacial score (nSPS) is 42.6. The Kier molecular flexibility index (Phi) is 2.66. The molecule has 0 aliphatic heterocycles. The van der Waals surface area contributed by atoms with Crippen LogP contribution >= 0.6 is 0 Å². The van der Waals surface area contributed by atoms with Crippen LogP contribution in [0.5, 0.6) is 0 Å². The van der Waals surface area contributed by atoms with Crippen LogP contribution in [0, 0.1) is 5.92 Å². The van der Waals surface area contributed by atoms with Gasteiger partial charge in [-0.3, -0.25) is 4.79 Å². The summed E-state index contributed by atoms with van der Waals surface area (Å²) >= 11 is 0. The number of aliphatic carboxylic acids is 1. The average molecular weight is 175 g/mol. The van der Waals surface area contributed by atoms with Gasteiger partial charge in [0.05, 0.1) is 18.1 Å². The zero-order chi connectivity index (χ0) is 9.30. The van der Waals surface area contributed by atoms with Crippen molar-refractivity contribution in [3.8, 4) is 0 Å². The van der Waals surface area contributed by atoms with E-state index in [1.165, 1.54) is 0 Å². The van der Waals surface area contributed by atoms with Crippen LogP contribution in [0.3, 0.4) is 0 Å². The molecule has 1 fully saturated rings. The van der Waals surface area contributed by atoms with Crippen molar-refractivity contribution >= 4 is 5.97 Å². The van der Waals surface area contributed by atoms with Crippen LogP contribution < -0.4 is 5.73 Å². The van der Waals surface area contributed by atoms with Gasteiger partial charge in [0.2, 0.25) is 0 Å². The minimum atomic E-state index is -1.01. The lowest BCUT2D eigenvalue weighted by atomic mass is 9.82. The molecule has 0 aromatic carbocycles. The third-order valence-corrected chi connectivity index (χ3v) is 2.29. The van der Waals surface area contributed by atoms with E-state index >= 15 is 0 Å². The number of rotatable bonds is 1. The van der Waals surface area contributed by atoms with Crippen LogP contribution in [0.2, 0.25) is 0 Å². The highest BCUT2D eigenvalue weighted by Gasteiger charge is 2.37. The highest BCUT2D eigenvalue weighted by Crippen LogP contribution is 2.23. The second kappa shape index (κ2) is 3.38. The van der Waals surface area contributed by atoms with Gasteiger partial charge in [0.1, 0.15) is 0 Å². The van der Waals surface area contributed by atoms with Crippen LogP contribution in [-0.4, -0.2) is 39.5 Å². The van der Waals surface area contributed by atoms with Gasteiger partial charge in [0.15, 0.2) is 0 Å². The summed E-state index contributed by atoms with van der Waals surface area (Å²) in [6.45, 7) is 0. The van der Waals surface area contributed by atoms with E-state index in [0.717, 1.165) is 0 Å². The first-order valence-corrected chi connectivity index (χ1v) is 3.87. The van der Waals surface area contributed by atoms with Crippen molar-refractivity contribution in [3.05, 3.63) is 0 Å². The molecule has 12 heavy (non-hydrogen) atoms. The van der Waals surface area contributed by atoms with Crippen molar-refractivity contribution in [2.75, 3.05) is 0 Å². The maximum absolute atomic E-state index is 10.5. The highest BCUT2D eigenvalue weighted by atomic mass is 16.4. The fourth-order valence-corrected chi connectivity index (χ4v) is 1.48. The van der Waals surface area contributed by atoms with Crippen molar-refractivity contribution in [2.45, 2.75) is 31.1 Å². The fourth-order valence-electron chi connectivity index (χ4n) is 1.48. The first kappa shape index (κ1) is 9.44. The highest BCUT2D eigenvalue weighted by molar-refractivity contribution is 5.71. The maximum atomic E-state index is 10.5. The van der Waals surface area contributed by atoms with Crippen molar-refractivity contribution < 1.29 is 20.1 Å². The molecule has 1 saturated carbocycles. The standard InChI is InChI=1S/C7H13NO4/c8-4-2-6(10)5(9)1-3(4)7(11)12/h3-6,9-10H,1-2,8H2,(H,11,12)/t3-,4+,5+,6-/m1/s1. The molecule has 0 unspecified atom stereocenters. The maximum Gasteiger partial charge on any atom is 0.308 e. The molecule has 1 rings (SSSR count). The molecule has 0 saturated heterocycles. The van der Waals surface area contributed by atoms with E-state index in [4.69, 9.17) is 21.1 Å². The van der Waals surface area contributed by atoms with Crippen LogP contribution in [-0.2, 0) is 4.79 Å². The Morgan fingerprint density at radius 1 is 1.25 bits per heavy atom. The molecule has 0 heterocycles. The number of aliphatic hydroxyl groups excluding tert-OH is 2. The molecule has 5 N–H and O–H groups in total. The SMILES string of the molecule is N[C@H]1C[C@@H](O)[C@@H](O)C[C@H]1C(=O)O. The van der Waals surface area contributed by atoms with Gasteiger partial charge in [-0.2, -0.15) is 0 Å². The van der Waals surface area contributed by atoms with E-state index in [0.29, 0.717) is 0 Å². The van der Waals surface area contributed by atoms with E-state index in [1.807, 2.05) is 0 Å². The van der Waals surface area contributed by atoms with Crippen LogP contribution in [0.4, 0.5) is 0 Å². The lowest BCUT2D eigenvalue weighted by Gasteiger charge is -2.32. The Morgan fingerprint density at radius 3 is 2.25 bits per heavy atom. The van der Waals surface area contributed by atoms with Crippen LogP contribution in [0.15, 0.2) is 0 Å². The first-order chi connectivity index (χ1) is 5.52. The minimum absolute atomic E-state index is 0.0394. The number of nitrogens with two attached hydrogens (primary N) is 1. The third kappa shape index (κ3) is 1.74. The topological polar surface area (TPSA) is 104 Å². The summed E-state index contributed by atoms with van der Waals surface area (Å²) < 4.78 is 0. The van der Waals surface area contributed by atoms with E-state index in [1.54, 1.807) is 0 Å². The molecule has 0 aromatic rings. The molecule has 0 bridgehead atoms. The van der Waals surface area contributed by atoms with Crippen molar-refractivity contribution in [1.29, 1.82) is 0 Å². The van der Waals surface area contributed by atoms with Gasteiger partial charge in [-0.15, -0.1) is 0 Å². The number of carboxylic acids is 1. The average Bonchev–Trinajstić information content (AvgIpc) is 1.96. The summed E-state index contributed by atoms with van der Waals surface area (Å²) in [7, 11) is 0. The third-order valence-electron chi connectivity index (χ3n) is 2.29.